The van der Waals surface area contributed by atoms with E-state index in [2.05, 4.69) is 5.32 Å². The van der Waals surface area contributed by atoms with Gasteiger partial charge in [-0.2, -0.15) is 0 Å². The van der Waals surface area contributed by atoms with Gasteiger partial charge in [-0.05, 0) is 19.4 Å². The smallest absolute Gasteiger partial charge is 0.313 e. The van der Waals surface area contributed by atoms with Crippen molar-refractivity contribution in [3.63, 3.8) is 0 Å². The molecule has 0 aromatic heterocycles. The highest BCUT2D eigenvalue weighted by Crippen LogP contribution is 2.13. The van der Waals surface area contributed by atoms with E-state index < -0.39 is 5.97 Å². The van der Waals surface area contributed by atoms with Gasteiger partial charge in [0, 0.05) is 0 Å². The van der Waals surface area contributed by atoms with Gasteiger partial charge < -0.3 is 10.4 Å². The van der Waals surface area contributed by atoms with Gasteiger partial charge >= 0.3 is 5.97 Å². The fourth-order valence-corrected chi connectivity index (χ4v) is 2.08. The van der Waals surface area contributed by atoms with Crippen LogP contribution in [-0.2, 0) is 9.59 Å². The Bertz CT molecular complexity index is 434. The Morgan fingerprint density at radius 3 is 2.72 bits per heavy atom. The number of carboxylic acids is 1. The fraction of sp³-hybridized carbons (Fsp3) is 0.385. The van der Waals surface area contributed by atoms with Gasteiger partial charge in [-0.3, -0.25) is 9.59 Å². The minimum absolute atomic E-state index is 0.0494. The minimum atomic E-state index is -0.903. The van der Waals surface area contributed by atoms with Crippen molar-refractivity contribution in [1.29, 1.82) is 0 Å². The van der Waals surface area contributed by atoms with E-state index in [9.17, 15) is 9.59 Å². The molecule has 1 atom stereocenters. The van der Waals surface area contributed by atoms with Crippen molar-refractivity contribution in [2.24, 2.45) is 0 Å². The normalized spacial score (nSPS) is 11.9. The minimum Gasteiger partial charge on any atom is -0.481 e. The van der Waals surface area contributed by atoms with E-state index in [1.807, 2.05) is 38.1 Å². The summed E-state index contributed by atoms with van der Waals surface area (Å²) in [5.74, 6) is -0.927. The molecule has 0 heterocycles. The fourth-order valence-electron chi connectivity index (χ4n) is 1.54. The first-order valence-electron chi connectivity index (χ1n) is 5.64. The molecule has 5 heteroatoms. The van der Waals surface area contributed by atoms with Gasteiger partial charge in [-0.25, -0.2) is 0 Å². The standard InChI is InChI=1S/C13H17NO3S/c1-9-4-3-5-11(6-9)10(2)14-12(15)7-18-8-13(16)17/h3-6,10H,7-8H2,1-2H3,(H,14,15)(H,16,17)/t10-/m0/s1. The lowest BCUT2D eigenvalue weighted by Gasteiger charge is -2.14. The third-order valence-corrected chi connectivity index (χ3v) is 3.30. The van der Waals surface area contributed by atoms with Crippen molar-refractivity contribution in [1.82, 2.24) is 5.32 Å². The van der Waals surface area contributed by atoms with Crippen molar-refractivity contribution in [3.8, 4) is 0 Å². The van der Waals surface area contributed by atoms with E-state index in [1.54, 1.807) is 0 Å². The highest BCUT2D eigenvalue weighted by Gasteiger charge is 2.10. The lowest BCUT2D eigenvalue weighted by Crippen LogP contribution is -2.28. The second-order valence-electron chi connectivity index (χ2n) is 4.09. The van der Waals surface area contributed by atoms with Crippen LogP contribution in [0.15, 0.2) is 24.3 Å². The summed E-state index contributed by atoms with van der Waals surface area (Å²) < 4.78 is 0. The van der Waals surface area contributed by atoms with Gasteiger partial charge in [0.2, 0.25) is 5.91 Å². The van der Waals surface area contributed by atoms with Crippen molar-refractivity contribution < 1.29 is 14.7 Å². The summed E-state index contributed by atoms with van der Waals surface area (Å²) >= 11 is 1.10. The van der Waals surface area contributed by atoms with E-state index >= 15 is 0 Å². The van der Waals surface area contributed by atoms with Crippen molar-refractivity contribution in [2.45, 2.75) is 19.9 Å². The molecule has 0 saturated carbocycles. The molecule has 2 N–H and O–H groups in total. The Morgan fingerprint density at radius 1 is 1.39 bits per heavy atom. The molecule has 0 unspecified atom stereocenters. The van der Waals surface area contributed by atoms with Crippen LogP contribution in [0.1, 0.15) is 24.1 Å². The number of aliphatic carboxylic acids is 1. The van der Waals surface area contributed by atoms with Crippen LogP contribution in [0.5, 0.6) is 0 Å². The number of amides is 1. The summed E-state index contributed by atoms with van der Waals surface area (Å²) in [6.45, 7) is 3.91. The Balaban J connectivity index is 2.42. The zero-order valence-electron chi connectivity index (χ0n) is 10.5. The molecule has 0 aliphatic heterocycles. The number of aryl methyl sites for hydroxylation is 1. The van der Waals surface area contributed by atoms with Crippen LogP contribution in [0.25, 0.3) is 0 Å². The van der Waals surface area contributed by atoms with E-state index in [4.69, 9.17) is 5.11 Å². The van der Waals surface area contributed by atoms with E-state index in [-0.39, 0.29) is 23.5 Å². The number of hydrogen-bond acceptors (Lipinski definition) is 3. The molecule has 0 saturated heterocycles. The number of thioether (sulfide) groups is 1. The molecule has 0 spiro atoms. The van der Waals surface area contributed by atoms with Gasteiger partial charge in [-0.1, -0.05) is 29.8 Å². The predicted octanol–water partition coefficient (Wildman–Crippen LogP) is 1.99. The summed E-state index contributed by atoms with van der Waals surface area (Å²) in [7, 11) is 0. The lowest BCUT2D eigenvalue weighted by molar-refractivity contribution is -0.133. The summed E-state index contributed by atoms with van der Waals surface area (Å²) in [5, 5.41) is 11.3. The molecule has 0 aliphatic carbocycles. The van der Waals surface area contributed by atoms with Gasteiger partial charge in [0.25, 0.3) is 0 Å². The van der Waals surface area contributed by atoms with Crippen LogP contribution in [0.4, 0.5) is 0 Å². The number of carbonyl (C=O) groups excluding carboxylic acids is 1. The summed E-state index contributed by atoms with van der Waals surface area (Å²) in [6.07, 6.45) is 0. The largest absolute Gasteiger partial charge is 0.481 e. The van der Waals surface area contributed by atoms with E-state index in [1.165, 1.54) is 0 Å². The number of carboxylic acid groups (broad SMARTS) is 1. The van der Waals surface area contributed by atoms with Crippen LogP contribution in [0.2, 0.25) is 0 Å². The molecule has 4 nitrogen and oxygen atoms in total. The van der Waals surface area contributed by atoms with E-state index in [0.717, 1.165) is 22.9 Å². The van der Waals surface area contributed by atoms with Crippen molar-refractivity contribution in [2.75, 3.05) is 11.5 Å². The second-order valence-corrected chi connectivity index (χ2v) is 5.08. The van der Waals surface area contributed by atoms with Crippen LogP contribution >= 0.6 is 11.8 Å². The quantitative estimate of drug-likeness (QED) is 0.827. The molecule has 1 aromatic rings. The maximum Gasteiger partial charge on any atom is 0.313 e. The summed E-state index contributed by atoms with van der Waals surface area (Å²) in [6, 6.07) is 7.87. The summed E-state index contributed by atoms with van der Waals surface area (Å²) in [5.41, 5.74) is 2.19. The number of benzene rings is 1. The average Bonchev–Trinajstić information content (AvgIpc) is 2.28. The van der Waals surface area contributed by atoms with Crippen LogP contribution in [0, 0.1) is 6.92 Å². The average molecular weight is 267 g/mol. The molecule has 0 aliphatic rings. The molecular weight excluding hydrogens is 250 g/mol. The third-order valence-electron chi connectivity index (χ3n) is 2.38. The maximum atomic E-state index is 11.6. The SMILES string of the molecule is Cc1cccc([C@H](C)NC(=O)CSCC(=O)O)c1. The monoisotopic (exact) mass is 267 g/mol. The zero-order valence-corrected chi connectivity index (χ0v) is 11.3. The first kappa shape index (κ1) is 14.6. The Labute approximate surface area is 111 Å². The topological polar surface area (TPSA) is 66.4 Å². The van der Waals surface area contributed by atoms with Gasteiger partial charge in [-0.15, -0.1) is 11.8 Å². The number of hydrogen-bond donors (Lipinski definition) is 2. The number of nitrogens with one attached hydrogen (secondary N) is 1. The molecule has 18 heavy (non-hydrogen) atoms. The number of rotatable bonds is 6. The molecule has 1 aromatic carbocycles. The molecule has 1 amide bonds. The summed E-state index contributed by atoms with van der Waals surface area (Å²) in [4.78, 5) is 21.9. The van der Waals surface area contributed by atoms with Crippen LogP contribution in [0.3, 0.4) is 0 Å². The van der Waals surface area contributed by atoms with Crippen LogP contribution < -0.4 is 5.32 Å². The highest BCUT2D eigenvalue weighted by atomic mass is 32.2. The first-order chi connectivity index (χ1) is 8.49. The van der Waals surface area contributed by atoms with Crippen LogP contribution in [-0.4, -0.2) is 28.5 Å². The molecule has 0 bridgehead atoms. The van der Waals surface area contributed by atoms with E-state index in [0.29, 0.717) is 0 Å². The Hall–Kier alpha value is -1.49. The Morgan fingerprint density at radius 2 is 2.11 bits per heavy atom. The molecule has 0 fully saturated rings. The zero-order chi connectivity index (χ0) is 13.5. The maximum absolute atomic E-state index is 11.6. The van der Waals surface area contributed by atoms with Gasteiger partial charge in [0.15, 0.2) is 0 Å². The predicted molar refractivity (Wildman–Crippen MR) is 72.7 cm³/mol. The molecule has 98 valence electrons. The van der Waals surface area contributed by atoms with Gasteiger partial charge in [0.05, 0.1) is 17.5 Å². The molecule has 1 rings (SSSR count). The second kappa shape index (κ2) is 7.06. The third kappa shape index (κ3) is 5.23. The lowest BCUT2D eigenvalue weighted by atomic mass is 10.1. The molecule has 0 radical (unpaired) electrons. The molecular formula is C13H17NO3S. The van der Waals surface area contributed by atoms with Gasteiger partial charge in [0.1, 0.15) is 0 Å². The number of carbonyl (C=O) groups is 2. The van der Waals surface area contributed by atoms with Crippen molar-refractivity contribution >= 4 is 23.6 Å². The Kier molecular flexibility index (Phi) is 5.71. The highest BCUT2D eigenvalue weighted by molar-refractivity contribution is 8.00. The first-order valence-corrected chi connectivity index (χ1v) is 6.80. The van der Waals surface area contributed by atoms with Crippen molar-refractivity contribution in [3.05, 3.63) is 35.4 Å².